The first-order valence-corrected chi connectivity index (χ1v) is 8.32. The van der Waals surface area contributed by atoms with Crippen LogP contribution in [0, 0.1) is 11.8 Å². The third kappa shape index (κ3) is 5.05. The molecule has 0 amide bonds. The topological polar surface area (TPSA) is 18.5 Å². The minimum atomic E-state index is 0.467. The highest BCUT2D eigenvalue weighted by Gasteiger charge is 2.23. The van der Waals surface area contributed by atoms with E-state index in [1.165, 1.54) is 11.1 Å². The Hall–Kier alpha value is -1.90. The lowest BCUT2D eigenvalue weighted by Crippen LogP contribution is -2.19. The van der Waals surface area contributed by atoms with E-state index in [2.05, 4.69) is 48.6 Å². The smallest absolute Gasteiger partial charge is 0.0717 e. The number of allylic oxidation sites excluding steroid dienone is 1. The van der Waals surface area contributed by atoms with Gasteiger partial charge in [-0.25, -0.2) is 0 Å². The van der Waals surface area contributed by atoms with Crippen molar-refractivity contribution in [3.63, 3.8) is 0 Å². The Kier molecular flexibility index (Phi) is 6.01. The van der Waals surface area contributed by atoms with E-state index in [4.69, 9.17) is 9.47 Å². The molecule has 0 heterocycles. The van der Waals surface area contributed by atoms with Crippen molar-refractivity contribution in [2.24, 2.45) is 11.8 Å². The lowest BCUT2D eigenvalue weighted by Gasteiger charge is -2.19. The van der Waals surface area contributed by atoms with Gasteiger partial charge in [0.05, 0.1) is 26.4 Å². The summed E-state index contributed by atoms with van der Waals surface area (Å²) >= 11 is 0. The maximum absolute atomic E-state index is 5.90. The zero-order valence-corrected chi connectivity index (χ0v) is 13.4. The third-order valence-electron chi connectivity index (χ3n) is 4.29. The van der Waals surface area contributed by atoms with Crippen LogP contribution in [0.4, 0.5) is 0 Å². The van der Waals surface area contributed by atoms with Crippen molar-refractivity contribution in [2.75, 3.05) is 13.2 Å². The first kappa shape index (κ1) is 16.0. The second-order valence-electron chi connectivity index (χ2n) is 6.09. The van der Waals surface area contributed by atoms with Crippen LogP contribution in [-0.2, 0) is 22.7 Å². The van der Waals surface area contributed by atoms with E-state index < -0.39 is 0 Å². The maximum Gasteiger partial charge on any atom is 0.0717 e. The molecule has 0 saturated heterocycles. The quantitative estimate of drug-likeness (QED) is 0.663. The molecule has 1 aliphatic rings. The minimum Gasteiger partial charge on any atom is -0.376 e. The Morgan fingerprint density at radius 2 is 1.30 bits per heavy atom. The summed E-state index contributed by atoms with van der Waals surface area (Å²) in [6.07, 6.45) is 5.63. The molecule has 0 N–H and O–H groups in total. The second kappa shape index (κ2) is 8.66. The van der Waals surface area contributed by atoms with Gasteiger partial charge >= 0.3 is 0 Å². The zero-order chi connectivity index (χ0) is 15.7. The molecular weight excluding hydrogens is 284 g/mol. The zero-order valence-electron chi connectivity index (χ0n) is 13.4. The average Bonchev–Trinajstić information content (AvgIpc) is 3.04. The summed E-state index contributed by atoms with van der Waals surface area (Å²) in [6, 6.07) is 20.7. The number of hydrogen-bond donors (Lipinski definition) is 0. The first-order chi connectivity index (χ1) is 11.4. The number of rotatable bonds is 8. The number of benzene rings is 2. The van der Waals surface area contributed by atoms with E-state index in [9.17, 15) is 0 Å². The molecule has 3 rings (SSSR count). The van der Waals surface area contributed by atoms with Gasteiger partial charge < -0.3 is 9.47 Å². The van der Waals surface area contributed by atoms with E-state index in [1.807, 2.05) is 24.3 Å². The van der Waals surface area contributed by atoms with Crippen molar-refractivity contribution in [2.45, 2.75) is 19.6 Å². The summed E-state index contributed by atoms with van der Waals surface area (Å²) in [6.45, 7) is 2.93. The van der Waals surface area contributed by atoms with Crippen LogP contribution in [-0.4, -0.2) is 13.2 Å². The summed E-state index contributed by atoms with van der Waals surface area (Å²) in [7, 11) is 0. The Morgan fingerprint density at radius 1 is 0.739 bits per heavy atom. The Morgan fingerprint density at radius 3 is 1.91 bits per heavy atom. The van der Waals surface area contributed by atoms with Crippen molar-refractivity contribution in [3.05, 3.63) is 83.9 Å². The van der Waals surface area contributed by atoms with Crippen LogP contribution in [0.15, 0.2) is 72.8 Å². The van der Waals surface area contributed by atoms with Gasteiger partial charge in [-0.1, -0.05) is 72.8 Å². The molecule has 2 aromatic carbocycles. The van der Waals surface area contributed by atoms with Crippen LogP contribution in [0.5, 0.6) is 0 Å². The predicted molar refractivity (Wildman–Crippen MR) is 92.9 cm³/mol. The van der Waals surface area contributed by atoms with E-state index in [1.54, 1.807) is 0 Å². The maximum atomic E-state index is 5.90. The molecule has 0 fully saturated rings. The summed E-state index contributed by atoms with van der Waals surface area (Å²) in [4.78, 5) is 0. The van der Waals surface area contributed by atoms with Gasteiger partial charge in [-0.15, -0.1) is 0 Å². The summed E-state index contributed by atoms with van der Waals surface area (Å²) in [5.41, 5.74) is 2.46. The van der Waals surface area contributed by atoms with Crippen LogP contribution < -0.4 is 0 Å². The highest BCUT2D eigenvalue weighted by Crippen LogP contribution is 2.26. The molecule has 0 unspecified atom stereocenters. The van der Waals surface area contributed by atoms with Gasteiger partial charge in [0, 0.05) is 5.92 Å². The van der Waals surface area contributed by atoms with Crippen LogP contribution in [0.3, 0.4) is 0 Å². The molecule has 120 valence electrons. The molecule has 23 heavy (non-hydrogen) atoms. The molecular formula is C21H24O2. The van der Waals surface area contributed by atoms with Gasteiger partial charge in [-0.2, -0.15) is 0 Å². The van der Waals surface area contributed by atoms with Crippen LogP contribution in [0.2, 0.25) is 0 Å². The van der Waals surface area contributed by atoms with Crippen molar-refractivity contribution in [1.29, 1.82) is 0 Å². The molecule has 2 atom stereocenters. The fourth-order valence-corrected chi connectivity index (χ4v) is 2.93. The van der Waals surface area contributed by atoms with Gasteiger partial charge in [0.25, 0.3) is 0 Å². The van der Waals surface area contributed by atoms with E-state index in [0.29, 0.717) is 25.0 Å². The molecule has 0 saturated carbocycles. The van der Waals surface area contributed by atoms with Gasteiger partial charge in [0.2, 0.25) is 0 Å². The summed E-state index contributed by atoms with van der Waals surface area (Å²) in [5.74, 6) is 1.00. The van der Waals surface area contributed by atoms with Crippen LogP contribution in [0.25, 0.3) is 0 Å². The molecule has 1 aliphatic carbocycles. The van der Waals surface area contributed by atoms with Crippen LogP contribution in [0.1, 0.15) is 17.5 Å². The van der Waals surface area contributed by atoms with Gasteiger partial charge in [-0.3, -0.25) is 0 Å². The molecule has 0 bridgehead atoms. The van der Waals surface area contributed by atoms with Gasteiger partial charge in [0.15, 0.2) is 0 Å². The largest absolute Gasteiger partial charge is 0.376 e. The fourth-order valence-electron chi connectivity index (χ4n) is 2.93. The Balaban J connectivity index is 1.38. The van der Waals surface area contributed by atoms with Crippen molar-refractivity contribution in [1.82, 2.24) is 0 Å². The molecule has 2 heteroatoms. The molecule has 0 radical (unpaired) electrons. The number of hydrogen-bond acceptors (Lipinski definition) is 2. The Bertz CT molecular complexity index is 592. The molecule has 2 aromatic rings. The molecule has 0 aliphatic heterocycles. The Labute approximate surface area is 138 Å². The van der Waals surface area contributed by atoms with Crippen molar-refractivity contribution < 1.29 is 9.47 Å². The molecule has 0 spiro atoms. The molecule has 0 aromatic heterocycles. The average molecular weight is 308 g/mol. The standard InChI is InChI=1S/C21H24O2/c1-3-8-18(9-4-1)14-22-16-20-12-7-13-21(20)17-23-15-19-10-5-2-6-11-19/h1-12,20-21H,13-17H2/t20-,21-/m1/s1. The molecule has 2 nitrogen and oxygen atoms in total. The van der Waals surface area contributed by atoms with Gasteiger partial charge in [-0.05, 0) is 23.5 Å². The predicted octanol–water partition coefficient (Wildman–Crippen LogP) is 4.61. The second-order valence-corrected chi connectivity index (χ2v) is 6.09. The van der Waals surface area contributed by atoms with E-state index in [-0.39, 0.29) is 0 Å². The van der Waals surface area contributed by atoms with Crippen LogP contribution >= 0.6 is 0 Å². The highest BCUT2D eigenvalue weighted by molar-refractivity contribution is 5.14. The highest BCUT2D eigenvalue weighted by atomic mass is 16.5. The number of ether oxygens (including phenoxy) is 2. The summed E-state index contributed by atoms with van der Waals surface area (Å²) < 4.78 is 11.8. The first-order valence-electron chi connectivity index (χ1n) is 8.32. The van der Waals surface area contributed by atoms with Crippen molar-refractivity contribution in [3.8, 4) is 0 Å². The fraction of sp³-hybridized carbons (Fsp3) is 0.333. The van der Waals surface area contributed by atoms with Gasteiger partial charge in [0.1, 0.15) is 0 Å². The normalized spacial score (nSPS) is 20.0. The minimum absolute atomic E-state index is 0.467. The lowest BCUT2D eigenvalue weighted by atomic mass is 9.97. The van der Waals surface area contributed by atoms with E-state index in [0.717, 1.165) is 19.6 Å². The van der Waals surface area contributed by atoms with Crippen molar-refractivity contribution >= 4 is 0 Å². The SMILES string of the molecule is C1=C[C@H](COCc2ccccc2)[C@@H](COCc2ccccc2)C1. The summed E-state index contributed by atoms with van der Waals surface area (Å²) in [5, 5.41) is 0. The lowest BCUT2D eigenvalue weighted by molar-refractivity contribution is 0.0412. The van der Waals surface area contributed by atoms with E-state index >= 15 is 0 Å². The monoisotopic (exact) mass is 308 g/mol. The third-order valence-corrected chi connectivity index (χ3v) is 4.29.